The van der Waals surface area contributed by atoms with Crippen LogP contribution in [0.3, 0.4) is 0 Å². The fourth-order valence-corrected chi connectivity index (χ4v) is 6.88. The average molecular weight is 569 g/mol. The third-order valence-electron chi connectivity index (χ3n) is 8.83. The van der Waals surface area contributed by atoms with Crippen LogP contribution in [0.4, 0.5) is 34.1 Å². The Balaban J connectivity index is 1.16. The van der Waals surface area contributed by atoms with Crippen molar-refractivity contribution in [1.29, 1.82) is 0 Å². The minimum atomic E-state index is 1.03. The van der Waals surface area contributed by atoms with Gasteiger partial charge in [-0.3, -0.25) is 9.97 Å². The predicted octanol–water partition coefficient (Wildman–Crippen LogP) is 10.2. The molecule has 0 unspecified atom stereocenters. The van der Waals surface area contributed by atoms with Gasteiger partial charge >= 0.3 is 0 Å². The summed E-state index contributed by atoms with van der Waals surface area (Å²) in [5.41, 5.74) is 15.4. The zero-order chi connectivity index (χ0) is 29.3. The highest BCUT2D eigenvalue weighted by molar-refractivity contribution is 5.97. The third kappa shape index (κ3) is 4.75. The lowest BCUT2D eigenvalue weighted by molar-refractivity contribution is 0.918. The minimum Gasteiger partial charge on any atom is -0.309 e. The molecule has 2 aromatic heterocycles. The molecule has 44 heavy (non-hydrogen) atoms. The number of benzene rings is 4. The molecule has 212 valence electrons. The number of anilines is 6. The number of aryl methyl sites for hydroxylation is 2. The third-order valence-corrected chi connectivity index (χ3v) is 8.83. The van der Waals surface area contributed by atoms with E-state index in [9.17, 15) is 0 Å². The monoisotopic (exact) mass is 568 g/mol. The van der Waals surface area contributed by atoms with Gasteiger partial charge in [-0.05, 0) is 132 Å². The highest BCUT2D eigenvalue weighted by Crippen LogP contribution is 2.47. The molecule has 0 saturated heterocycles. The number of rotatable bonds is 6. The Kier molecular flexibility index (Phi) is 6.73. The van der Waals surface area contributed by atoms with Crippen LogP contribution >= 0.6 is 0 Å². The Hall–Kier alpha value is -5.48. The SMILES string of the molecule is c1ccc(N(c2cccnc2)c2ccc3c(c2)CCC2=C3CCc3cc(N(c4ccccc4)c4cccnc4)ccc32)cc1. The highest BCUT2D eigenvalue weighted by atomic mass is 15.2. The summed E-state index contributed by atoms with van der Waals surface area (Å²) in [6, 6.07) is 43.4. The standard InChI is InChI=1S/C40H32N4/c1-3-9-31(10-4-1)43(35-13-7-23-41-27-35)33-17-21-37-29(25-33)15-19-40-38-22-18-34(26-30(38)16-20-39(37)40)44(32-11-5-2-6-12-32)36-14-8-24-42-28-36/h1-14,17-18,21-28H,15-16,19-20H2. The largest absolute Gasteiger partial charge is 0.309 e. The van der Waals surface area contributed by atoms with E-state index in [2.05, 4.69) is 129 Å². The van der Waals surface area contributed by atoms with Gasteiger partial charge in [-0.2, -0.15) is 0 Å². The van der Waals surface area contributed by atoms with Crippen LogP contribution in [0.2, 0.25) is 0 Å². The average Bonchev–Trinajstić information content (AvgIpc) is 3.10. The van der Waals surface area contributed by atoms with Crippen molar-refractivity contribution in [3.05, 3.63) is 168 Å². The molecule has 4 nitrogen and oxygen atoms in total. The highest BCUT2D eigenvalue weighted by Gasteiger charge is 2.27. The van der Waals surface area contributed by atoms with Gasteiger partial charge in [-0.25, -0.2) is 0 Å². The summed E-state index contributed by atoms with van der Waals surface area (Å²) in [6.45, 7) is 0. The second-order valence-electron chi connectivity index (χ2n) is 11.4. The van der Waals surface area contributed by atoms with Crippen LogP contribution in [0.25, 0.3) is 11.1 Å². The molecule has 0 N–H and O–H groups in total. The first kappa shape index (κ1) is 26.2. The molecule has 4 aromatic carbocycles. The van der Waals surface area contributed by atoms with Gasteiger partial charge in [0.25, 0.3) is 0 Å². The first-order valence-electron chi connectivity index (χ1n) is 15.3. The number of hydrogen-bond acceptors (Lipinski definition) is 4. The molecule has 0 spiro atoms. The van der Waals surface area contributed by atoms with Crippen molar-refractivity contribution in [2.75, 3.05) is 9.80 Å². The van der Waals surface area contributed by atoms with Crippen molar-refractivity contribution in [2.24, 2.45) is 0 Å². The van der Waals surface area contributed by atoms with E-state index in [1.165, 1.54) is 44.8 Å². The van der Waals surface area contributed by atoms with Crippen molar-refractivity contribution in [2.45, 2.75) is 25.7 Å². The lowest BCUT2D eigenvalue weighted by Crippen LogP contribution is -2.15. The molecule has 6 aromatic rings. The Morgan fingerprint density at radius 2 is 0.818 bits per heavy atom. The van der Waals surface area contributed by atoms with Gasteiger partial charge in [-0.15, -0.1) is 0 Å². The van der Waals surface area contributed by atoms with E-state index >= 15 is 0 Å². The van der Waals surface area contributed by atoms with Crippen LogP contribution < -0.4 is 9.80 Å². The number of pyridine rings is 2. The van der Waals surface area contributed by atoms with Crippen LogP contribution in [-0.4, -0.2) is 9.97 Å². The molecular weight excluding hydrogens is 536 g/mol. The fraction of sp³-hybridized carbons (Fsp3) is 0.100. The van der Waals surface area contributed by atoms with Gasteiger partial charge in [0.15, 0.2) is 0 Å². The molecule has 0 aliphatic heterocycles. The van der Waals surface area contributed by atoms with Gasteiger partial charge in [0, 0.05) is 35.1 Å². The van der Waals surface area contributed by atoms with E-state index in [4.69, 9.17) is 0 Å². The van der Waals surface area contributed by atoms with Crippen LogP contribution in [0.1, 0.15) is 35.1 Å². The van der Waals surface area contributed by atoms with E-state index < -0.39 is 0 Å². The van der Waals surface area contributed by atoms with Gasteiger partial charge < -0.3 is 9.80 Å². The zero-order valence-electron chi connectivity index (χ0n) is 24.5. The molecule has 2 aliphatic rings. The number of hydrogen-bond donors (Lipinski definition) is 0. The van der Waals surface area contributed by atoms with E-state index in [0.717, 1.165) is 48.4 Å². The summed E-state index contributed by atoms with van der Waals surface area (Å²) >= 11 is 0. The summed E-state index contributed by atoms with van der Waals surface area (Å²) in [4.78, 5) is 13.4. The Morgan fingerprint density at radius 3 is 1.23 bits per heavy atom. The van der Waals surface area contributed by atoms with Gasteiger partial charge in [0.05, 0.1) is 23.8 Å². The van der Waals surface area contributed by atoms with Crippen molar-refractivity contribution in [1.82, 2.24) is 9.97 Å². The second-order valence-corrected chi connectivity index (χ2v) is 11.4. The van der Waals surface area contributed by atoms with E-state index in [0.29, 0.717) is 0 Å². The fourth-order valence-electron chi connectivity index (χ4n) is 6.88. The second kappa shape index (κ2) is 11.3. The Labute approximate surface area is 258 Å². The van der Waals surface area contributed by atoms with Crippen molar-refractivity contribution in [3.8, 4) is 0 Å². The quantitative estimate of drug-likeness (QED) is 0.200. The van der Waals surface area contributed by atoms with E-state index in [-0.39, 0.29) is 0 Å². The molecular formula is C40H32N4. The van der Waals surface area contributed by atoms with E-state index in [1.54, 1.807) is 0 Å². The number of allylic oxidation sites excluding steroid dienone is 2. The molecule has 0 atom stereocenters. The van der Waals surface area contributed by atoms with Gasteiger partial charge in [-0.1, -0.05) is 48.5 Å². The Morgan fingerprint density at radius 1 is 0.386 bits per heavy atom. The van der Waals surface area contributed by atoms with Crippen molar-refractivity contribution < 1.29 is 0 Å². The number of aromatic nitrogens is 2. The molecule has 4 heteroatoms. The maximum atomic E-state index is 4.42. The van der Waals surface area contributed by atoms with Crippen LogP contribution in [-0.2, 0) is 12.8 Å². The number of nitrogens with zero attached hydrogens (tertiary/aromatic N) is 4. The van der Waals surface area contributed by atoms with Gasteiger partial charge in [0.1, 0.15) is 0 Å². The van der Waals surface area contributed by atoms with Crippen LogP contribution in [0.5, 0.6) is 0 Å². The summed E-state index contributed by atoms with van der Waals surface area (Å²) in [7, 11) is 0. The first-order chi connectivity index (χ1) is 21.8. The number of para-hydroxylation sites is 2. The predicted molar refractivity (Wildman–Crippen MR) is 181 cm³/mol. The van der Waals surface area contributed by atoms with Crippen LogP contribution in [0.15, 0.2) is 146 Å². The van der Waals surface area contributed by atoms with E-state index in [1.807, 2.05) is 36.9 Å². The van der Waals surface area contributed by atoms with Crippen LogP contribution in [0, 0.1) is 0 Å². The number of fused-ring (bicyclic) bond motifs is 4. The molecule has 2 aliphatic carbocycles. The lowest BCUT2D eigenvalue weighted by Gasteiger charge is -2.32. The van der Waals surface area contributed by atoms with Crippen molar-refractivity contribution >= 4 is 45.3 Å². The summed E-state index contributed by atoms with van der Waals surface area (Å²) in [5.74, 6) is 0. The summed E-state index contributed by atoms with van der Waals surface area (Å²) in [5, 5.41) is 0. The zero-order valence-corrected chi connectivity index (χ0v) is 24.5. The molecule has 0 amide bonds. The lowest BCUT2D eigenvalue weighted by atomic mass is 9.75. The first-order valence-corrected chi connectivity index (χ1v) is 15.3. The van der Waals surface area contributed by atoms with Gasteiger partial charge in [0.2, 0.25) is 0 Å². The minimum absolute atomic E-state index is 1.03. The molecule has 0 saturated carbocycles. The topological polar surface area (TPSA) is 32.3 Å². The summed E-state index contributed by atoms with van der Waals surface area (Å²) < 4.78 is 0. The van der Waals surface area contributed by atoms with Crippen molar-refractivity contribution in [3.63, 3.8) is 0 Å². The molecule has 0 bridgehead atoms. The molecule has 8 rings (SSSR count). The molecule has 2 heterocycles. The normalized spacial score (nSPS) is 13.5. The smallest absolute Gasteiger partial charge is 0.0644 e. The molecule has 0 radical (unpaired) electrons. The maximum absolute atomic E-state index is 4.42. The maximum Gasteiger partial charge on any atom is 0.0644 e. The summed E-state index contributed by atoms with van der Waals surface area (Å²) in [6.07, 6.45) is 11.7. The molecule has 0 fully saturated rings. The Bertz CT molecular complexity index is 1730.